The Labute approximate surface area is 165 Å². The number of Topliss-reactive ketones (excluding diaryl/α,β-unsaturated/α-hetero) is 1. The van der Waals surface area contributed by atoms with Crippen molar-refractivity contribution in [1.29, 1.82) is 0 Å². The first kappa shape index (κ1) is 20.0. The van der Waals surface area contributed by atoms with Gasteiger partial charge in [-0.25, -0.2) is 9.18 Å². The van der Waals surface area contributed by atoms with E-state index in [1.54, 1.807) is 36.4 Å². The van der Waals surface area contributed by atoms with Gasteiger partial charge in [0.05, 0.1) is 13.2 Å². The zero-order valence-corrected chi connectivity index (χ0v) is 16.3. The Kier molecular flexibility index (Phi) is 6.38. The van der Waals surface area contributed by atoms with Crippen LogP contribution in [0.5, 0.6) is 5.75 Å². The molecule has 3 rings (SSSR count). The lowest BCUT2D eigenvalue weighted by molar-refractivity contribution is 0.0476. The van der Waals surface area contributed by atoms with Crippen molar-refractivity contribution >= 4 is 33.2 Å². The molecule has 0 N–H and O–H groups in total. The lowest BCUT2D eigenvalue weighted by Gasteiger charge is -2.07. The number of methoxy groups -OCH3 is 1. The first-order valence-electron chi connectivity index (χ1n) is 8.67. The van der Waals surface area contributed by atoms with E-state index in [4.69, 9.17) is 14.2 Å². The number of ketones is 1. The van der Waals surface area contributed by atoms with Gasteiger partial charge >= 0.3 is 5.97 Å². The highest BCUT2D eigenvalue weighted by molar-refractivity contribution is 7.21. The van der Waals surface area contributed by atoms with E-state index in [9.17, 15) is 14.0 Å². The predicted octanol–water partition coefficient (Wildman–Crippen LogP) is 4.63. The Hall–Kier alpha value is -2.77. The third-order valence-corrected chi connectivity index (χ3v) is 5.24. The topological polar surface area (TPSA) is 61.8 Å². The van der Waals surface area contributed by atoms with Crippen LogP contribution < -0.4 is 4.74 Å². The summed E-state index contributed by atoms with van der Waals surface area (Å²) in [4.78, 5) is 25.1. The molecule has 0 bridgehead atoms. The number of ether oxygens (including phenoxy) is 3. The van der Waals surface area contributed by atoms with Gasteiger partial charge in [-0.1, -0.05) is 6.07 Å². The maximum Gasteiger partial charge on any atom is 0.349 e. The van der Waals surface area contributed by atoms with Crippen LogP contribution in [-0.2, 0) is 16.1 Å². The molecule has 0 amide bonds. The van der Waals surface area contributed by atoms with Crippen LogP contribution in [0.25, 0.3) is 10.1 Å². The van der Waals surface area contributed by atoms with E-state index in [1.165, 1.54) is 13.2 Å². The van der Waals surface area contributed by atoms with Gasteiger partial charge in [-0.3, -0.25) is 4.79 Å². The molecule has 0 saturated carbocycles. The van der Waals surface area contributed by atoms with Gasteiger partial charge in [-0.05, 0) is 43.3 Å². The molecular formula is C21H19FO5S. The molecule has 0 atom stereocenters. The van der Waals surface area contributed by atoms with E-state index in [2.05, 4.69) is 0 Å². The number of rotatable bonds is 8. The maximum atomic E-state index is 14.2. The van der Waals surface area contributed by atoms with E-state index in [-0.39, 0.29) is 17.3 Å². The summed E-state index contributed by atoms with van der Waals surface area (Å²) in [5.41, 5.74) is 0.842. The molecule has 0 spiro atoms. The van der Waals surface area contributed by atoms with E-state index in [1.807, 2.05) is 6.92 Å². The molecule has 1 heterocycles. The van der Waals surface area contributed by atoms with E-state index >= 15 is 0 Å². The molecule has 5 nitrogen and oxygen atoms in total. The lowest BCUT2D eigenvalue weighted by atomic mass is 10.1. The van der Waals surface area contributed by atoms with Crippen LogP contribution in [0.2, 0.25) is 0 Å². The number of halogens is 1. The van der Waals surface area contributed by atoms with Gasteiger partial charge in [0, 0.05) is 28.3 Å². The fraction of sp³-hybridized carbons (Fsp3) is 0.238. The summed E-state index contributed by atoms with van der Waals surface area (Å²) >= 11 is 1.12. The van der Waals surface area contributed by atoms with E-state index in [0.29, 0.717) is 33.6 Å². The van der Waals surface area contributed by atoms with Gasteiger partial charge in [0.2, 0.25) is 0 Å². The molecule has 0 aliphatic heterocycles. The van der Waals surface area contributed by atoms with Crippen LogP contribution >= 0.6 is 11.3 Å². The molecule has 0 fully saturated rings. The van der Waals surface area contributed by atoms with Crippen molar-refractivity contribution in [3.8, 4) is 5.75 Å². The Morgan fingerprint density at radius 3 is 2.54 bits per heavy atom. The van der Waals surface area contributed by atoms with Gasteiger partial charge in [0.1, 0.15) is 16.4 Å². The zero-order chi connectivity index (χ0) is 20.1. The Bertz CT molecular complexity index is 994. The molecule has 0 aliphatic rings. The number of hydrogen-bond donors (Lipinski definition) is 0. The first-order valence-corrected chi connectivity index (χ1v) is 9.48. The molecule has 0 radical (unpaired) electrons. The molecule has 0 unspecified atom stereocenters. The molecular weight excluding hydrogens is 383 g/mol. The van der Waals surface area contributed by atoms with Gasteiger partial charge in [-0.15, -0.1) is 11.3 Å². The maximum absolute atomic E-state index is 14.2. The highest BCUT2D eigenvalue weighted by Crippen LogP contribution is 2.34. The highest BCUT2D eigenvalue weighted by atomic mass is 32.1. The molecule has 28 heavy (non-hydrogen) atoms. The SMILES string of the molecule is CCOc1ccc(C(=O)COC(=O)c2sc3cccc(F)c3c2COC)cc1. The molecule has 7 heteroatoms. The summed E-state index contributed by atoms with van der Waals surface area (Å²) in [6.07, 6.45) is 0. The summed E-state index contributed by atoms with van der Waals surface area (Å²) < 4.78 is 30.5. The number of fused-ring (bicyclic) bond motifs is 1. The van der Waals surface area contributed by atoms with Gasteiger partial charge in [-0.2, -0.15) is 0 Å². The second-order valence-electron chi connectivity index (χ2n) is 5.91. The standard InChI is InChI=1S/C21H19FO5S/c1-3-26-14-9-7-13(8-10-14)17(23)12-27-21(24)20-15(11-25-2)19-16(22)5-4-6-18(19)28-20/h4-10H,3,11-12H2,1-2H3. The van der Waals surface area contributed by atoms with Crippen LogP contribution in [0.1, 0.15) is 32.5 Å². The molecule has 0 saturated heterocycles. The van der Waals surface area contributed by atoms with Gasteiger partial charge < -0.3 is 14.2 Å². The minimum atomic E-state index is -0.674. The van der Waals surface area contributed by atoms with E-state index < -0.39 is 18.4 Å². The van der Waals surface area contributed by atoms with Crippen molar-refractivity contribution < 1.29 is 28.2 Å². The minimum Gasteiger partial charge on any atom is -0.494 e. The fourth-order valence-corrected chi connectivity index (χ4v) is 3.91. The first-order chi connectivity index (χ1) is 13.5. The van der Waals surface area contributed by atoms with Crippen LogP contribution in [0.15, 0.2) is 42.5 Å². The highest BCUT2D eigenvalue weighted by Gasteiger charge is 2.22. The Morgan fingerprint density at radius 1 is 1.11 bits per heavy atom. The number of benzene rings is 2. The monoisotopic (exact) mass is 402 g/mol. The average Bonchev–Trinajstić information content (AvgIpc) is 3.07. The van der Waals surface area contributed by atoms with Crippen molar-refractivity contribution in [2.75, 3.05) is 20.3 Å². The van der Waals surface area contributed by atoms with Crippen molar-refractivity contribution in [2.45, 2.75) is 13.5 Å². The van der Waals surface area contributed by atoms with Crippen molar-refractivity contribution in [3.05, 3.63) is 64.3 Å². The normalized spacial score (nSPS) is 10.8. The van der Waals surface area contributed by atoms with E-state index in [0.717, 1.165) is 11.3 Å². The number of esters is 1. The fourth-order valence-electron chi connectivity index (χ4n) is 2.80. The predicted molar refractivity (Wildman–Crippen MR) is 105 cm³/mol. The second-order valence-corrected chi connectivity index (χ2v) is 6.96. The van der Waals surface area contributed by atoms with Crippen LogP contribution in [-0.4, -0.2) is 32.1 Å². The summed E-state index contributed by atoms with van der Waals surface area (Å²) in [6.45, 7) is 2.06. The third-order valence-electron chi connectivity index (χ3n) is 4.06. The number of thiophene rings is 1. The molecule has 3 aromatic rings. The minimum absolute atomic E-state index is 0.0677. The quantitative estimate of drug-likeness (QED) is 0.406. The van der Waals surface area contributed by atoms with Crippen molar-refractivity contribution in [2.24, 2.45) is 0 Å². The van der Waals surface area contributed by atoms with Crippen molar-refractivity contribution in [3.63, 3.8) is 0 Å². The molecule has 1 aromatic heterocycles. The third kappa shape index (κ3) is 4.21. The average molecular weight is 402 g/mol. The lowest BCUT2D eigenvalue weighted by Crippen LogP contribution is -2.14. The zero-order valence-electron chi connectivity index (χ0n) is 15.5. The number of carbonyl (C=O) groups is 2. The van der Waals surface area contributed by atoms with Crippen molar-refractivity contribution in [1.82, 2.24) is 0 Å². The summed E-state index contributed by atoms with van der Waals surface area (Å²) in [7, 11) is 1.47. The second kappa shape index (κ2) is 8.95. The summed E-state index contributed by atoms with van der Waals surface area (Å²) in [6, 6.07) is 11.2. The number of carbonyl (C=O) groups excluding carboxylic acids is 2. The molecule has 2 aromatic carbocycles. The van der Waals surface area contributed by atoms with Crippen LogP contribution in [0, 0.1) is 5.82 Å². The summed E-state index contributed by atoms with van der Waals surface area (Å²) in [5, 5.41) is 0.346. The summed E-state index contributed by atoms with van der Waals surface area (Å²) in [5.74, 6) is -0.776. The van der Waals surface area contributed by atoms with Gasteiger partial charge in [0.15, 0.2) is 12.4 Å². The number of hydrogen-bond acceptors (Lipinski definition) is 6. The van der Waals surface area contributed by atoms with Crippen LogP contribution in [0.4, 0.5) is 4.39 Å². The largest absolute Gasteiger partial charge is 0.494 e. The van der Waals surface area contributed by atoms with Crippen LogP contribution in [0.3, 0.4) is 0 Å². The van der Waals surface area contributed by atoms with Gasteiger partial charge in [0.25, 0.3) is 0 Å². The Balaban J connectivity index is 1.75. The Morgan fingerprint density at radius 2 is 1.86 bits per heavy atom. The molecule has 146 valence electrons. The smallest absolute Gasteiger partial charge is 0.349 e. The molecule has 0 aliphatic carbocycles.